The molecule has 2 aromatic carbocycles. The smallest absolute Gasteiger partial charge is 0.0271 e. The summed E-state index contributed by atoms with van der Waals surface area (Å²) in [6.07, 6.45) is 3.73. The Labute approximate surface area is 162 Å². The van der Waals surface area contributed by atoms with E-state index >= 15 is 0 Å². The molecule has 0 amide bonds. The maximum Gasteiger partial charge on any atom is 0.0271 e. The molecule has 0 spiro atoms. The number of hydrogen-bond donors (Lipinski definition) is 1. The van der Waals surface area contributed by atoms with Gasteiger partial charge in [-0.15, -0.1) is 0 Å². The van der Waals surface area contributed by atoms with Gasteiger partial charge < -0.3 is 5.73 Å². The van der Waals surface area contributed by atoms with E-state index < -0.39 is 0 Å². The molecule has 3 nitrogen and oxygen atoms in total. The van der Waals surface area contributed by atoms with E-state index in [9.17, 15) is 0 Å². The molecule has 0 saturated carbocycles. The SMILES string of the molecule is Cc1cc(C)c(CN(Cc2ccncc2)Cc2ccc(CN)cc2)c(C)c1. The van der Waals surface area contributed by atoms with E-state index in [0.717, 1.165) is 19.6 Å². The van der Waals surface area contributed by atoms with Crippen molar-refractivity contribution in [2.45, 2.75) is 47.0 Å². The molecule has 0 aliphatic carbocycles. The van der Waals surface area contributed by atoms with Crippen LogP contribution >= 0.6 is 0 Å². The molecular weight excluding hydrogens is 330 g/mol. The Morgan fingerprint density at radius 1 is 0.741 bits per heavy atom. The molecule has 0 saturated heterocycles. The standard InChI is InChI=1S/C24H29N3/c1-18-12-19(2)24(20(3)13-18)17-27(16-23-8-10-26-11-9-23)15-22-6-4-21(14-25)5-7-22/h4-13H,14-17,25H2,1-3H3. The minimum absolute atomic E-state index is 0.586. The molecule has 3 heteroatoms. The quantitative estimate of drug-likeness (QED) is 0.667. The maximum absolute atomic E-state index is 5.73. The average molecular weight is 360 g/mol. The van der Waals surface area contributed by atoms with Crippen LogP contribution in [0.25, 0.3) is 0 Å². The maximum atomic E-state index is 5.73. The van der Waals surface area contributed by atoms with Gasteiger partial charge in [-0.05, 0) is 66.3 Å². The first-order chi connectivity index (χ1) is 13.0. The zero-order chi connectivity index (χ0) is 19.2. The highest BCUT2D eigenvalue weighted by Crippen LogP contribution is 2.21. The Balaban J connectivity index is 1.85. The van der Waals surface area contributed by atoms with E-state index in [4.69, 9.17) is 5.73 Å². The van der Waals surface area contributed by atoms with Crippen molar-refractivity contribution < 1.29 is 0 Å². The lowest BCUT2D eigenvalue weighted by atomic mass is 9.99. The van der Waals surface area contributed by atoms with Crippen LogP contribution in [0.3, 0.4) is 0 Å². The van der Waals surface area contributed by atoms with Gasteiger partial charge in [0.1, 0.15) is 0 Å². The van der Waals surface area contributed by atoms with Crippen molar-refractivity contribution >= 4 is 0 Å². The van der Waals surface area contributed by atoms with Crippen molar-refractivity contribution in [3.8, 4) is 0 Å². The molecule has 3 rings (SSSR count). The number of pyridine rings is 1. The predicted octanol–water partition coefficient (Wildman–Crippen LogP) is 4.67. The van der Waals surface area contributed by atoms with Gasteiger partial charge in [0.15, 0.2) is 0 Å². The summed E-state index contributed by atoms with van der Waals surface area (Å²) in [4.78, 5) is 6.64. The van der Waals surface area contributed by atoms with E-state index in [-0.39, 0.29) is 0 Å². The number of nitrogens with zero attached hydrogens (tertiary/aromatic N) is 2. The summed E-state index contributed by atoms with van der Waals surface area (Å²) in [5.74, 6) is 0. The summed E-state index contributed by atoms with van der Waals surface area (Å²) in [7, 11) is 0. The van der Waals surface area contributed by atoms with Crippen LogP contribution in [0.2, 0.25) is 0 Å². The number of benzene rings is 2. The summed E-state index contributed by atoms with van der Waals surface area (Å²) in [6, 6.07) is 17.4. The van der Waals surface area contributed by atoms with E-state index in [1.54, 1.807) is 0 Å². The molecule has 0 atom stereocenters. The monoisotopic (exact) mass is 359 g/mol. The van der Waals surface area contributed by atoms with Crippen LogP contribution in [-0.4, -0.2) is 9.88 Å². The minimum Gasteiger partial charge on any atom is -0.326 e. The topological polar surface area (TPSA) is 42.2 Å². The first-order valence-corrected chi connectivity index (χ1v) is 9.51. The Hall–Kier alpha value is -2.49. The average Bonchev–Trinajstić information content (AvgIpc) is 2.66. The van der Waals surface area contributed by atoms with E-state index in [0.29, 0.717) is 6.54 Å². The van der Waals surface area contributed by atoms with E-state index in [2.05, 4.69) is 79.2 Å². The molecule has 2 N–H and O–H groups in total. The van der Waals surface area contributed by atoms with Crippen molar-refractivity contribution in [2.24, 2.45) is 5.73 Å². The summed E-state index contributed by atoms with van der Waals surface area (Å²) in [5, 5.41) is 0. The van der Waals surface area contributed by atoms with Crippen LogP contribution in [-0.2, 0) is 26.2 Å². The number of aromatic nitrogens is 1. The van der Waals surface area contributed by atoms with E-state index in [1.807, 2.05) is 12.4 Å². The number of hydrogen-bond acceptors (Lipinski definition) is 3. The lowest BCUT2D eigenvalue weighted by Crippen LogP contribution is -2.23. The third kappa shape index (κ3) is 5.25. The zero-order valence-corrected chi connectivity index (χ0v) is 16.6. The van der Waals surface area contributed by atoms with Crippen LogP contribution in [0.5, 0.6) is 0 Å². The molecule has 0 aliphatic rings. The molecule has 27 heavy (non-hydrogen) atoms. The van der Waals surface area contributed by atoms with Gasteiger partial charge >= 0.3 is 0 Å². The molecule has 0 aliphatic heterocycles. The molecule has 0 unspecified atom stereocenters. The van der Waals surface area contributed by atoms with Crippen LogP contribution in [0.15, 0.2) is 60.9 Å². The van der Waals surface area contributed by atoms with Gasteiger partial charge in [-0.1, -0.05) is 42.0 Å². The van der Waals surface area contributed by atoms with Gasteiger partial charge in [0.05, 0.1) is 0 Å². The minimum atomic E-state index is 0.586. The fourth-order valence-corrected chi connectivity index (χ4v) is 3.64. The second kappa shape index (κ2) is 8.94. The van der Waals surface area contributed by atoms with Crippen molar-refractivity contribution in [1.82, 2.24) is 9.88 Å². The van der Waals surface area contributed by atoms with Crippen LogP contribution in [0.1, 0.15) is 38.9 Å². The Kier molecular flexibility index (Phi) is 6.38. The van der Waals surface area contributed by atoms with Crippen LogP contribution in [0, 0.1) is 20.8 Å². The number of nitrogens with two attached hydrogens (primary N) is 1. The van der Waals surface area contributed by atoms with Gasteiger partial charge in [-0.2, -0.15) is 0 Å². The summed E-state index contributed by atoms with van der Waals surface area (Å²) >= 11 is 0. The lowest BCUT2D eigenvalue weighted by molar-refractivity contribution is 0.246. The van der Waals surface area contributed by atoms with Gasteiger partial charge in [0.25, 0.3) is 0 Å². The largest absolute Gasteiger partial charge is 0.326 e. The first-order valence-electron chi connectivity index (χ1n) is 9.51. The van der Waals surface area contributed by atoms with E-state index in [1.165, 1.54) is 38.9 Å². The molecule has 0 fully saturated rings. The molecule has 1 heterocycles. The molecule has 3 aromatic rings. The van der Waals surface area contributed by atoms with Gasteiger partial charge in [-0.3, -0.25) is 9.88 Å². The Morgan fingerprint density at radius 2 is 1.26 bits per heavy atom. The van der Waals surface area contributed by atoms with Crippen LogP contribution < -0.4 is 5.73 Å². The number of rotatable bonds is 7. The van der Waals surface area contributed by atoms with Gasteiger partial charge in [0, 0.05) is 38.6 Å². The highest BCUT2D eigenvalue weighted by Gasteiger charge is 2.12. The lowest BCUT2D eigenvalue weighted by Gasteiger charge is -2.25. The second-order valence-electron chi connectivity index (χ2n) is 7.40. The van der Waals surface area contributed by atoms with Crippen molar-refractivity contribution in [1.29, 1.82) is 0 Å². The fraction of sp³-hybridized carbons (Fsp3) is 0.292. The Bertz CT molecular complexity index is 847. The van der Waals surface area contributed by atoms with Crippen molar-refractivity contribution in [3.05, 3.63) is 99.9 Å². The zero-order valence-electron chi connectivity index (χ0n) is 16.6. The Morgan fingerprint density at radius 3 is 1.81 bits per heavy atom. The third-order valence-electron chi connectivity index (χ3n) is 5.04. The highest BCUT2D eigenvalue weighted by molar-refractivity contribution is 5.37. The summed E-state index contributed by atoms with van der Waals surface area (Å²) in [5.41, 5.74) is 15.0. The van der Waals surface area contributed by atoms with Crippen molar-refractivity contribution in [3.63, 3.8) is 0 Å². The molecule has 0 bridgehead atoms. The fourth-order valence-electron chi connectivity index (χ4n) is 3.64. The second-order valence-corrected chi connectivity index (χ2v) is 7.40. The van der Waals surface area contributed by atoms with Crippen molar-refractivity contribution in [2.75, 3.05) is 0 Å². The third-order valence-corrected chi connectivity index (χ3v) is 5.04. The summed E-state index contributed by atoms with van der Waals surface area (Å²) in [6.45, 7) is 9.92. The van der Waals surface area contributed by atoms with Gasteiger partial charge in [-0.25, -0.2) is 0 Å². The highest BCUT2D eigenvalue weighted by atomic mass is 15.1. The van der Waals surface area contributed by atoms with Crippen LogP contribution in [0.4, 0.5) is 0 Å². The van der Waals surface area contributed by atoms with Gasteiger partial charge in [0.2, 0.25) is 0 Å². The molecule has 140 valence electrons. The molecule has 1 aromatic heterocycles. The number of aryl methyl sites for hydroxylation is 3. The predicted molar refractivity (Wildman–Crippen MR) is 112 cm³/mol. The molecular formula is C24H29N3. The normalized spacial score (nSPS) is 11.1. The first kappa shape index (κ1) is 19.3. The summed E-state index contributed by atoms with van der Waals surface area (Å²) < 4.78 is 0. The molecule has 0 radical (unpaired) electrons.